The van der Waals surface area contributed by atoms with Crippen molar-refractivity contribution in [3.63, 3.8) is 0 Å². The minimum atomic E-state index is -0.0388. The molecule has 1 fully saturated rings. The Hall–Kier alpha value is -0.380. The summed E-state index contributed by atoms with van der Waals surface area (Å²) in [5.74, 6) is 0. The quantitative estimate of drug-likeness (QED) is 0.829. The largest absolute Gasteiger partial charge is 0.393 e. The van der Waals surface area contributed by atoms with Crippen LogP contribution in [0.25, 0.3) is 0 Å². The van der Waals surface area contributed by atoms with Crippen LogP contribution in [0.2, 0.25) is 0 Å². The molecule has 17 heavy (non-hydrogen) atoms. The number of hydrogen-bond donors (Lipinski definition) is 1. The van der Waals surface area contributed by atoms with Gasteiger partial charge in [-0.05, 0) is 56.0 Å². The molecule has 1 saturated carbocycles. The molecule has 1 atom stereocenters. The maximum absolute atomic E-state index is 9.60. The lowest BCUT2D eigenvalue weighted by Crippen LogP contribution is -2.43. The molecular formula is C14H21NOS. The van der Waals surface area contributed by atoms with Crippen LogP contribution in [0, 0.1) is 0 Å². The van der Waals surface area contributed by atoms with Crippen LogP contribution in [0.4, 0.5) is 0 Å². The third-order valence-electron chi connectivity index (χ3n) is 4.46. The molecule has 0 bridgehead atoms. The highest BCUT2D eigenvalue weighted by Gasteiger charge is 2.32. The predicted molar refractivity (Wildman–Crippen MR) is 71.4 cm³/mol. The maximum atomic E-state index is 9.60. The summed E-state index contributed by atoms with van der Waals surface area (Å²) in [5.41, 5.74) is 1.55. The van der Waals surface area contributed by atoms with Crippen molar-refractivity contribution in [2.45, 2.75) is 57.2 Å². The van der Waals surface area contributed by atoms with Crippen molar-refractivity contribution >= 4 is 11.3 Å². The second-order valence-corrected chi connectivity index (χ2v) is 6.43. The zero-order valence-electron chi connectivity index (χ0n) is 10.4. The van der Waals surface area contributed by atoms with E-state index in [2.05, 4.69) is 23.3 Å². The Bertz CT molecular complexity index is 381. The lowest BCUT2D eigenvalue weighted by molar-refractivity contribution is 0.0521. The van der Waals surface area contributed by atoms with E-state index in [1.807, 2.05) is 11.3 Å². The van der Waals surface area contributed by atoms with E-state index in [-0.39, 0.29) is 6.10 Å². The summed E-state index contributed by atoms with van der Waals surface area (Å²) in [7, 11) is 0. The van der Waals surface area contributed by atoms with Gasteiger partial charge in [-0.25, -0.2) is 0 Å². The minimum Gasteiger partial charge on any atom is -0.393 e. The van der Waals surface area contributed by atoms with Gasteiger partial charge in [-0.15, -0.1) is 11.3 Å². The molecule has 0 radical (unpaired) electrons. The van der Waals surface area contributed by atoms with E-state index in [0.717, 1.165) is 12.8 Å². The van der Waals surface area contributed by atoms with Crippen molar-refractivity contribution < 1.29 is 5.11 Å². The molecule has 94 valence electrons. The number of aliphatic hydroxyl groups is 1. The highest BCUT2D eigenvalue weighted by molar-refractivity contribution is 7.10. The monoisotopic (exact) mass is 251 g/mol. The minimum absolute atomic E-state index is 0.0388. The van der Waals surface area contributed by atoms with Gasteiger partial charge in [0, 0.05) is 23.5 Å². The van der Waals surface area contributed by atoms with Gasteiger partial charge in [0.1, 0.15) is 0 Å². The smallest absolute Gasteiger partial charge is 0.0541 e. The first kappa shape index (κ1) is 11.7. The van der Waals surface area contributed by atoms with Crippen LogP contribution in [-0.4, -0.2) is 28.7 Å². The number of aliphatic hydroxyl groups excluding tert-OH is 1. The molecule has 1 aliphatic heterocycles. The highest BCUT2D eigenvalue weighted by Crippen LogP contribution is 2.37. The Balaban J connectivity index is 1.73. The zero-order chi connectivity index (χ0) is 11.8. The summed E-state index contributed by atoms with van der Waals surface area (Å²) < 4.78 is 0. The lowest BCUT2D eigenvalue weighted by Gasteiger charge is -2.42. The van der Waals surface area contributed by atoms with Crippen molar-refractivity contribution in [3.8, 4) is 0 Å². The SMILES string of the molecule is CC1c2ccsc2CCN1C1CCC(O)CC1. The fourth-order valence-corrected chi connectivity index (χ4v) is 4.38. The summed E-state index contributed by atoms with van der Waals surface area (Å²) in [6.07, 6.45) is 5.50. The summed E-state index contributed by atoms with van der Waals surface area (Å²) in [6.45, 7) is 3.55. The van der Waals surface area contributed by atoms with Crippen molar-refractivity contribution in [2.24, 2.45) is 0 Å². The molecule has 0 saturated heterocycles. The Morgan fingerprint density at radius 2 is 2.06 bits per heavy atom. The van der Waals surface area contributed by atoms with Gasteiger partial charge in [-0.2, -0.15) is 0 Å². The van der Waals surface area contributed by atoms with Crippen molar-refractivity contribution in [2.75, 3.05) is 6.54 Å². The van der Waals surface area contributed by atoms with Crippen LogP contribution in [-0.2, 0) is 6.42 Å². The fourth-order valence-electron chi connectivity index (χ4n) is 3.42. The number of fused-ring (bicyclic) bond motifs is 1. The molecule has 1 aliphatic carbocycles. The molecule has 2 aliphatic rings. The predicted octanol–water partition coefficient (Wildman–Crippen LogP) is 2.97. The molecule has 3 heteroatoms. The average Bonchev–Trinajstić information content (AvgIpc) is 2.80. The van der Waals surface area contributed by atoms with Crippen molar-refractivity contribution in [3.05, 3.63) is 21.9 Å². The molecular weight excluding hydrogens is 230 g/mol. The topological polar surface area (TPSA) is 23.5 Å². The summed E-state index contributed by atoms with van der Waals surface area (Å²) in [5, 5.41) is 11.8. The van der Waals surface area contributed by atoms with Gasteiger partial charge < -0.3 is 5.11 Å². The van der Waals surface area contributed by atoms with E-state index >= 15 is 0 Å². The summed E-state index contributed by atoms with van der Waals surface area (Å²) >= 11 is 1.91. The van der Waals surface area contributed by atoms with Crippen LogP contribution in [0.15, 0.2) is 11.4 Å². The van der Waals surface area contributed by atoms with Crippen LogP contribution >= 0.6 is 11.3 Å². The van der Waals surface area contributed by atoms with Gasteiger partial charge >= 0.3 is 0 Å². The van der Waals surface area contributed by atoms with Crippen LogP contribution in [0.5, 0.6) is 0 Å². The summed E-state index contributed by atoms with van der Waals surface area (Å²) in [4.78, 5) is 4.26. The normalized spacial score (nSPS) is 34.6. The molecule has 1 unspecified atom stereocenters. The lowest BCUT2D eigenvalue weighted by atomic mass is 9.89. The molecule has 0 spiro atoms. The van der Waals surface area contributed by atoms with E-state index in [1.165, 1.54) is 25.8 Å². The second kappa shape index (κ2) is 4.71. The van der Waals surface area contributed by atoms with Crippen molar-refractivity contribution in [1.82, 2.24) is 4.90 Å². The number of hydrogen-bond acceptors (Lipinski definition) is 3. The molecule has 1 aromatic rings. The number of thiophene rings is 1. The Morgan fingerprint density at radius 1 is 1.29 bits per heavy atom. The Kier molecular flexibility index (Phi) is 3.24. The van der Waals surface area contributed by atoms with Gasteiger partial charge in [-0.1, -0.05) is 0 Å². The third kappa shape index (κ3) is 2.16. The Morgan fingerprint density at radius 3 is 2.82 bits per heavy atom. The van der Waals surface area contributed by atoms with Gasteiger partial charge in [-0.3, -0.25) is 4.90 Å². The standard InChI is InChI=1S/C14H21NOS/c1-10-13-7-9-17-14(13)6-8-15(10)11-2-4-12(16)5-3-11/h7,9-12,16H,2-6,8H2,1H3. The number of rotatable bonds is 1. The van der Waals surface area contributed by atoms with E-state index in [9.17, 15) is 5.11 Å². The Labute approximate surface area is 107 Å². The molecule has 2 heterocycles. The first-order valence-electron chi connectivity index (χ1n) is 6.76. The van der Waals surface area contributed by atoms with E-state index in [0.29, 0.717) is 12.1 Å². The van der Waals surface area contributed by atoms with E-state index in [1.54, 1.807) is 10.4 Å². The van der Waals surface area contributed by atoms with Crippen LogP contribution < -0.4 is 0 Å². The molecule has 0 aromatic carbocycles. The van der Waals surface area contributed by atoms with Crippen LogP contribution in [0.3, 0.4) is 0 Å². The van der Waals surface area contributed by atoms with Gasteiger partial charge in [0.15, 0.2) is 0 Å². The van der Waals surface area contributed by atoms with Gasteiger partial charge in [0.25, 0.3) is 0 Å². The van der Waals surface area contributed by atoms with Crippen LogP contribution in [0.1, 0.15) is 49.1 Å². The second-order valence-electron chi connectivity index (χ2n) is 5.43. The first-order valence-corrected chi connectivity index (χ1v) is 7.63. The van der Waals surface area contributed by atoms with E-state index < -0.39 is 0 Å². The fraction of sp³-hybridized carbons (Fsp3) is 0.714. The first-order chi connectivity index (χ1) is 8.25. The van der Waals surface area contributed by atoms with E-state index in [4.69, 9.17) is 0 Å². The maximum Gasteiger partial charge on any atom is 0.0541 e. The molecule has 0 amide bonds. The zero-order valence-corrected chi connectivity index (χ0v) is 11.2. The molecule has 2 nitrogen and oxygen atoms in total. The van der Waals surface area contributed by atoms with Gasteiger partial charge in [0.2, 0.25) is 0 Å². The average molecular weight is 251 g/mol. The number of nitrogens with zero attached hydrogens (tertiary/aromatic N) is 1. The third-order valence-corrected chi connectivity index (χ3v) is 5.46. The van der Waals surface area contributed by atoms with Gasteiger partial charge in [0.05, 0.1) is 6.10 Å². The highest BCUT2D eigenvalue weighted by atomic mass is 32.1. The molecule has 3 rings (SSSR count). The molecule has 1 N–H and O–H groups in total. The van der Waals surface area contributed by atoms with Crippen molar-refractivity contribution in [1.29, 1.82) is 0 Å². The molecule has 1 aromatic heterocycles. The summed E-state index contributed by atoms with van der Waals surface area (Å²) in [6, 6.07) is 3.57.